The summed E-state index contributed by atoms with van der Waals surface area (Å²) in [7, 11) is 1.66. The van der Waals surface area contributed by atoms with Crippen molar-refractivity contribution in [2.45, 2.75) is 72.8 Å². The first-order valence-corrected chi connectivity index (χ1v) is 12.3. The number of hydrogen-bond acceptors (Lipinski definition) is 5. The van der Waals surface area contributed by atoms with Crippen LogP contribution in [-0.4, -0.2) is 86.6 Å². The van der Waals surface area contributed by atoms with E-state index in [1.54, 1.807) is 7.11 Å². The average molecular weight is 441 g/mol. The van der Waals surface area contributed by atoms with Crippen molar-refractivity contribution in [3.63, 3.8) is 0 Å². The number of amides is 1. The molecule has 2 rings (SSSR count). The normalized spacial score (nSPS) is 29.6. The van der Waals surface area contributed by atoms with E-state index in [0.717, 1.165) is 45.5 Å². The fourth-order valence-corrected chi connectivity index (χ4v) is 4.66. The van der Waals surface area contributed by atoms with Gasteiger partial charge in [0.15, 0.2) is 0 Å². The van der Waals surface area contributed by atoms with E-state index < -0.39 is 11.5 Å². The van der Waals surface area contributed by atoms with E-state index in [0.29, 0.717) is 50.0 Å². The van der Waals surface area contributed by atoms with Crippen molar-refractivity contribution in [1.82, 2.24) is 9.80 Å². The summed E-state index contributed by atoms with van der Waals surface area (Å²) in [6.45, 7) is 16.8. The number of carbonyl (C=O) groups excluding carboxylic acids is 1. The molecule has 0 aromatic carbocycles. The third kappa shape index (κ3) is 8.99. The summed E-state index contributed by atoms with van der Waals surface area (Å²) in [6, 6.07) is 0. The molecule has 2 fully saturated rings. The van der Waals surface area contributed by atoms with Crippen LogP contribution in [0.15, 0.2) is 0 Å². The van der Waals surface area contributed by atoms with E-state index in [-0.39, 0.29) is 5.91 Å². The topological polar surface area (TPSA) is 62.2 Å². The first kappa shape index (κ1) is 26.6. The molecule has 2 heterocycles. The van der Waals surface area contributed by atoms with Crippen molar-refractivity contribution < 1.29 is 19.4 Å². The van der Waals surface area contributed by atoms with Crippen LogP contribution < -0.4 is 0 Å². The van der Waals surface area contributed by atoms with Gasteiger partial charge in [-0.1, -0.05) is 34.6 Å². The van der Waals surface area contributed by atoms with Gasteiger partial charge in [-0.05, 0) is 56.0 Å². The molecule has 6 heteroatoms. The molecule has 1 amide bonds. The summed E-state index contributed by atoms with van der Waals surface area (Å²) in [5.74, 6) is 1.10. The molecule has 0 spiro atoms. The number of methoxy groups -OCH3 is 1. The minimum Gasteiger partial charge on any atom is -0.391 e. The maximum Gasteiger partial charge on any atom is 0.223 e. The van der Waals surface area contributed by atoms with Gasteiger partial charge in [0.25, 0.3) is 0 Å². The van der Waals surface area contributed by atoms with E-state index in [1.807, 2.05) is 18.7 Å². The van der Waals surface area contributed by atoms with Crippen molar-refractivity contribution in [3.05, 3.63) is 0 Å². The highest BCUT2D eigenvalue weighted by Gasteiger charge is 2.35. The molecule has 1 N–H and O–H groups in total. The molecule has 3 atom stereocenters. The van der Waals surface area contributed by atoms with E-state index in [1.165, 1.54) is 6.42 Å². The second kappa shape index (κ2) is 12.0. The molecule has 6 nitrogen and oxygen atoms in total. The predicted octanol–water partition coefficient (Wildman–Crippen LogP) is 3.42. The first-order chi connectivity index (χ1) is 14.5. The highest BCUT2D eigenvalue weighted by atomic mass is 16.5. The Hall–Kier alpha value is -0.690. The van der Waals surface area contributed by atoms with Crippen LogP contribution >= 0.6 is 0 Å². The van der Waals surface area contributed by atoms with Gasteiger partial charge in [-0.25, -0.2) is 0 Å². The number of nitrogens with zero attached hydrogens (tertiary/aromatic N) is 2. The van der Waals surface area contributed by atoms with Crippen molar-refractivity contribution in [1.29, 1.82) is 0 Å². The molecule has 0 aromatic heterocycles. The van der Waals surface area contributed by atoms with Crippen molar-refractivity contribution >= 4 is 5.91 Å². The number of aliphatic hydroxyl groups is 1. The van der Waals surface area contributed by atoms with E-state index >= 15 is 0 Å². The molecular weight excluding hydrogens is 392 g/mol. The first-order valence-electron chi connectivity index (χ1n) is 12.3. The fraction of sp³-hybridized carbons (Fsp3) is 0.960. The third-order valence-electron chi connectivity index (χ3n) is 7.14. The van der Waals surface area contributed by atoms with Gasteiger partial charge in [0.1, 0.15) is 0 Å². The van der Waals surface area contributed by atoms with Gasteiger partial charge in [0, 0.05) is 45.2 Å². The maximum absolute atomic E-state index is 13.3. The van der Waals surface area contributed by atoms with Crippen molar-refractivity contribution in [2.75, 3.05) is 59.7 Å². The number of aliphatic hydroxyl groups excluding tert-OH is 1. The zero-order chi connectivity index (χ0) is 23.1. The lowest BCUT2D eigenvalue weighted by Crippen LogP contribution is -2.47. The molecule has 0 bridgehead atoms. The van der Waals surface area contributed by atoms with Crippen LogP contribution in [0.1, 0.15) is 66.7 Å². The van der Waals surface area contributed by atoms with Crippen LogP contribution in [0.2, 0.25) is 0 Å². The monoisotopic (exact) mass is 440 g/mol. The van der Waals surface area contributed by atoms with Crippen LogP contribution in [0.5, 0.6) is 0 Å². The van der Waals surface area contributed by atoms with Crippen LogP contribution in [-0.2, 0) is 14.3 Å². The smallest absolute Gasteiger partial charge is 0.223 e. The number of rotatable bonds is 5. The van der Waals surface area contributed by atoms with E-state index in [4.69, 9.17) is 9.47 Å². The molecule has 182 valence electrons. The number of β-amino-alcohol motifs (C(OH)–C–C–N with tert-alkyl or cyclic N) is 1. The fourth-order valence-electron chi connectivity index (χ4n) is 4.66. The summed E-state index contributed by atoms with van der Waals surface area (Å²) in [6.07, 6.45) is 4.35. The second-order valence-electron chi connectivity index (χ2n) is 11.7. The molecule has 31 heavy (non-hydrogen) atoms. The van der Waals surface area contributed by atoms with Gasteiger partial charge in [-0.3, -0.25) is 4.79 Å². The quantitative estimate of drug-likeness (QED) is 0.710. The minimum atomic E-state index is -0.621. The van der Waals surface area contributed by atoms with Gasteiger partial charge < -0.3 is 24.4 Å². The summed E-state index contributed by atoms with van der Waals surface area (Å²) < 4.78 is 11.2. The predicted molar refractivity (Wildman–Crippen MR) is 125 cm³/mol. The largest absolute Gasteiger partial charge is 0.391 e. The van der Waals surface area contributed by atoms with Gasteiger partial charge in [0.2, 0.25) is 5.91 Å². The summed E-state index contributed by atoms with van der Waals surface area (Å²) >= 11 is 0. The second-order valence-corrected chi connectivity index (χ2v) is 11.7. The number of hydrogen-bond donors (Lipinski definition) is 1. The Morgan fingerprint density at radius 1 is 1.16 bits per heavy atom. The summed E-state index contributed by atoms with van der Waals surface area (Å²) in [5.41, 5.74) is -0.0446. The van der Waals surface area contributed by atoms with Crippen LogP contribution in [0.3, 0.4) is 0 Å². The molecule has 0 saturated carbocycles. The average Bonchev–Trinajstić information content (AvgIpc) is 2.69. The molecule has 0 aromatic rings. The van der Waals surface area contributed by atoms with Crippen LogP contribution in [0, 0.1) is 22.7 Å². The highest BCUT2D eigenvalue weighted by Crippen LogP contribution is 2.32. The van der Waals surface area contributed by atoms with Gasteiger partial charge in [0.05, 0.1) is 19.3 Å². The summed E-state index contributed by atoms with van der Waals surface area (Å²) in [5, 5.41) is 10.8. The molecule has 2 aliphatic rings. The summed E-state index contributed by atoms with van der Waals surface area (Å²) in [4.78, 5) is 17.7. The third-order valence-corrected chi connectivity index (χ3v) is 7.14. The lowest BCUT2D eigenvalue weighted by atomic mass is 9.79. The molecular formula is C25H48N2O4. The Morgan fingerprint density at radius 3 is 2.58 bits per heavy atom. The molecule has 0 aliphatic carbocycles. The van der Waals surface area contributed by atoms with Gasteiger partial charge >= 0.3 is 0 Å². The number of ether oxygens (including phenoxy) is 2. The molecule has 2 aliphatic heterocycles. The SMILES string of the molecule is COCCN1C[C@H](O)C(C)(C)COCCC[C@H]2CN(CCC(C)(C)C)CC[C@H]2CC1=O. The van der Waals surface area contributed by atoms with Crippen molar-refractivity contribution in [3.8, 4) is 0 Å². The number of likely N-dealkylation sites (tertiary alicyclic amines) is 1. The number of fused-ring (bicyclic) bond motifs is 1. The minimum absolute atomic E-state index is 0.158. The van der Waals surface area contributed by atoms with Gasteiger partial charge in [-0.2, -0.15) is 0 Å². The molecule has 2 saturated heterocycles. The lowest BCUT2D eigenvalue weighted by molar-refractivity contribution is -0.137. The van der Waals surface area contributed by atoms with Crippen molar-refractivity contribution in [2.24, 2.45) is 22.7 Å². The van der Waals surface area contributed by atoms with Crippen LogP contribution in [0.4, 0.5) is 0 Å². The van der Waals surface area contributed by atoms with E-state index in [9.17, 15) is 9.90 Å². The van der Waals surface area contributed by atoms with Crippen LogP contribution in [0.25, 0.3) is 0 Å². The number of carbonyl (C=O) groups is 1. The molecule has 0 radical (unpaired) electrons. The zero-order valence-electron chi connectivity index (χ0n) is 21.0. The lowest BCUT2D eigenvalue weighted by Gasteiger charge is -2.40. The Morgan fingerprint density at radius 2 is 1.90 bits per heavy atom. The Labute approximate surface area is 190 Å². The standard InChI is InChI=1S/C25H48N2O4/c1-24(2,3)10-12-26-11-9-20-16-23(29)27(13-15-30-6)18-22(28)25(4,5)19-31-14-7-8-21(20)17-26/h20-22,28H,7-19H2,1-6H3/t20-,21-,22-/m0/s1. The Balaban J connectivity index is 2.10. The molecule has 0 unspecified atom stereocenters. The maximum atomic E-state index is 13.3. The van der Waals surface area contributed by atoms with E-state index in [2.05, 4.69) is 25.7 Å². The van der Waals surface area contributed by atoms with Gasteiger partial charge in [-0.15, -0.1) is 0 Å². The Bertz CT molecular complexity index is 546. The number of piperidine rings is 1. The Kier molecular flexibility index (Phi) is 10.3. The highest BCUT2D eigenvalue weighted by molar-refractivity contribution is 5.76. The zero-order valence-corrected chi connectivity index (χ0v) is 21.0.